The van der Waals surface area contributed by atoms with Gasteiger partial charge in [-0.15, -0.1) is 21.5 Å². The largest absolute Gasteiger partial charge is 0.310 e. The minimum atomic E-state index is -0.106. The van der Waals surface area contributed by atoms with E-state index in [4.69, 9.17) is 0 Å². The molecule has 9 heteroatoms. The Morgan fingerprint density at radius 1 is 1.31 bits per heavy atom. The lowest BCUT2D eigenvalue weighted by atomic mass is 9.95. The Labute approximate surface area is 186 Å². The third-order valence-corrected chi connectivity index (χ3v) is 7.32. The lowest BCUT2D eigenvalue weighted by Gasteiger charge is -2.13. The summed E-state index contributed by atoms with van der Waals surface area (Å²) >= 11 is 6.60. The van der Waals surface area contributed by atoms with Gasteiger partial charge in [-0.25, -0.2) is 4.98 Å². The molecule has 3 aromatic rings. The van der Waals surface area contributed by atoms with Crippen molar-refractivity contribution in [2.45, 2.75) is 50.7 Å². The van der Waals surface area contributed by atoms with Gasteiger partial charge in [-0.1, -0.05) is 18.7 Å². The van der Waals surface area contributed by atoms with E-state index in [-0.39, 0.29) is 11.7 Å². The van der Waals surface area contributed by atoms with E-state index in [0.29, 0.717) is 5.82 Å². The molecule has 3 aromatic heterocycles. The fourth-order valence-electron chi connectivity index (χ4n) is 3.46. The molecule has 0 aromatic carbocycles. The van der Waals surface area contributed by atoms with E-state index in [9.17, 15) is 4.79 Å². The highest BCUT2D eigenvalue weighted by Gasteiger charge is 2.22. The van der Waals surface area contributed by atoms with Crippen LogP contribution in [0.15, 0.2) is 33.3 Å². The Hall–Kier alpha value is -1.71. The number of carbonyl (C=O) groups excluding carboxylic acids is 1. The number of hydrogen-bond acceptors (Lipinski definition) is 6. The molecule has 0 radical (unpaired) electrons. The molecule has 0 aliphatic heterocycles. The summed E-state index contributed by atoms with van der Waals surface area (Å²) in [5.41, 5.74) is 2.67. The van der Waals surface area contributed by atoms with E-state index in [2.05, 4.69) is 53.3 Å². The van der Waals surface area contributed by atoms with Crippen molar-refractivity contribution in [3.8, 4) is 11.4 Å². The van der Waals surface area contributed by atoms with Crippen molar-refractivity contribution in [2.75, 3.05) is 11.1 Å². The van der Waals surface area contributed by atoms with Gasteiger partial charge in [-0.3, -0.25) is 4.79 Å². The van der Waals surface area contributed by atoms with E-state index in [1.807, 2.05) is 17.4 Å². The molecule has 0 unspecified atom stereocenters. The Morgan fingerprint density at radius 3 is 2.97 bits per heavy atom. The molecule has 6 nitrogen and oxygen atoms in total. The van der Waals surface area contributed by atoms with Crippen LogP contribution in [0.4, 0.5) is 5.82 Å². The summed E-state index contributed by atoms with van der Waals surface area (Å²) < 4.78 is 3.04. The third-order valence-electron chi connectivity index (χ3n) is 4.79. The highest BCUT2D eigenvalue weighted by atomic mass is 79.9. The number of rotatable bonds is 7. The number of fused-ring (bicyclic) bond motifs is 1. The molecule has 0 saturated carbocycles. The minimum Gasteiger partial charge on any atom is -0.310 e. The van der Waals surface area contributed by atoms with Crippen molar-refractivity contribution in [1.29, 1.82) is 0 Å². The fraction of sp³-hybridized carbons (Fsp3) is 0.400. The number of nitrogens with one attached hydrogen (secondary N) is 1. The maximum atomic E-state index is 12.3. The summed E-state index contributed by atoms with van der Waals surface area (Å²) in [6.45, 7) is 2.98. The number of aromatic nitrogens is 4. The van der Waals surface area contributed by atoms with Crippen LogP contribution in [0, 0.1) is 0 Å². The first kappa shape index (κ1) is 20.6. The fourth-order valence-corrected chi connectivity index (χ4v) is 5.58. The molecule has 0 fully saturated rings. The predicted octanol–water partition coefficient (Wildman–Crippen LogP) is 5.18. The number of thioether (sulfide) groups is 1. The van der Waals surface area contributed by atoms with Gasteiger partial charge in [0.15, 0.2) is 11.0 Å². The van der Waals surface area contributed by atoms with Crippen LogP contribution < -0.4 is 5.32 Å². The van der Waals surface area contributed by atoms with Crippen molar-refractivity contribution in [3.05, 3.63) is 38.6 Å². The number of aryl methyl sites for hydroxylation is 1. The molecule has 1 amide bonds. The summed E-state index contributed by atoms with van der Waals surface area (Å²) in [6, 6.07) is 3.62. The van der Waals surface area contributed by atoms with Gasteiger partial charge >= 0.3 is 0 Å². The predicted molar refractivity (Wildman–Crippen MR) is 122 cm³/mol. The first-order valence-electron chi connectivity index (χ1n) is 9.72. The third kappa shape index (κ3) is 4.73. The Balaban J connectivity index is 1.49. The summed E-state index contributed by atoms with van der Waals surface area (Å²) in [4.78, 5) is 18.0. The standard InChI is InChI=1S/C20H22BrN5OS2/c1-2-9-26-19(15-11-28-16-6-4-3-5-14(15)16)24-25-20(26)29-12-18(27)23-17-8-7-13(21)10-22-17/h7-8,10-11H,2-6,9,12H2,1H3,(H,22,23,27). The molecule has 0 spiro atoms. The molecule has 4 rings (SSSR count). The quantitative estimate of drug-likeness (QED) is 0.460. The maximum Gasteiger partial charge on any atom is 0.236 e. The van der Waals surface area contributed by atoms with E-state index in [1.165, 1.54) is 47.0 Å². The first-order chi connectivity index (χ1) is 14.2. The molecule has 0 bridgehead atoms. The van der Waals surface area contributed by atoms with Crippen LogP contribution in [0.1, 0.15) is 36.6 Å². The maximum absolute atomic E-state index is 12.3. The second-order valence-electron chi connectivity index (χ2n) is 6.91. The number of carbonyl (C=O) groups is 1. The molecule has 1 aliphatic carbocycles. The van der Waals surface area contributed by atoms with Gasteiger partial charge < -0.3 is 9.88 Å². The summed E-state index contributed by atoms with van der Waals surface area (Å²) in [6.07, 6.45) is 7.46. The van der Waals surface area contributed by atoms with E-state index in [0.717, 1.165) is 34.8 Å². The number of anilines is 1. The summed E-state index contributed by atoms with van der Waals surface area (Å²) in [7, 11) is 0. The highest BCUT2D eigenvalue weighted by molar-refractivity contribution is 9.10. The molecule has 1 N–H and O–H groups in total. The Bertz CT molecular complexity index is 999. The van der Waals surface area contributed by atoms with Crippen LogP contribution in [0.5, 0.6) is 0 Å². The minimum absolute atomic E-state index is 0.106. The van der Waals surface area contributed by atoms with E-state index >= 15 is 0 Å². The number of thiophene rings is 1. The average molecular weight is 492 g/mol. The second kappa shape index (κ2) is 9.40. The van der Waals surface area contributed by atoms with Crippen molar-refractivity contribution in [3.63, 3.8) is 0 Å². The summed E-state index contributed by atoms with van der Waals surface area (Å²) in [5.74, 6) is 1.63. The smallest absolute Gasteiger partial charge is 0.236 e. The number of halogens is 1. The van der Waals surface area contributed by atoms with Crippen LogP contribution >= 0.6 is 39.0 Å². The van der Waals surface area contributed by atoms with Crippen LogP contribution in [-0.4, -0.2) is 31.4 Å². The number of pyridine rings is 1. The lowest BCUT2D eigenvalue weighted by Crippen LogP contribution is -2.15. The Kier molecular flexibility index (Phi) is 6.67. The molecule has 3 heterocycles. The molecule has 0 saturated heterocycles. The second-order valence-corrected chi connectivity index (χ2v) is 9.74. The van der Waals surface area contributed by atoms with Gasteiger partial charge in [0.05, 0.1) is 5.75 Å². The van der Waals surface area contributed by atoms with Crippen molar-refractivity contribution >= 4 is 50.8 Å². The van der Waals surface area contributed by atoms with Gasteiger partial charge in [0.2, 0.25) is 5.91 Å². The highest BCUT2D eigenvalue weighted by Crippen LogP contribution is 2.36. The zero-order valence-electron chi connectivity index (χ0n) is 16.2. The molecular weight excluding hydrogens is 470 g/mol. The normalized spacial score (nSPS) is 13.3. The van der Waals surface area contributed by atoms with E-state index < -0.39 is 0 Å². The summed E-state index contributed by atoms with van der Waals surface area (Å²) in [5, 5.41) is 14.8. The van der Waals surface area contributed by atoms with Crippen LogP contribution in [-0.2, 0) is 24.2 Å². The van der Waals surface area contributed by atoms with Crippen molar-refractivity contribution < 1.29 is 4.79 Å². The monoisotopic (exact) mass is 491 g/mol. The average Bonchev–Trinajstić information content (AvgIpc) is 3.32. The first-order valence-corrected chi connectivity index (χ1v) is 12.4. The zero-order valence-corrected chi connectivity index (χ0v) is 19.4. The van der Waals surface area contributed by atoms with Gasteiger partial charge in [0.1, 0.15) is 5.82 Å². The SMILES string of the molecule is CCCn1c(SCC(=O)Nc2ccc(Br)cn2)nnc1-c1csc2c1CCCC2. The van der Waals surface area contributed by atoms with E-state index in [1.54, 1.807) is 12.3 Å². The molecule has 0 atom stereocenters. The van der Waals surface area contributed by atoms with Gasteiger partial charge in [-0.2, -0.15) is 0 Å². The molecule has 29 heavy (non-hydrogen) atoms. The van der Waals surface area contributed by atoms with Crippen molar-refractivity contribution in [2.24, 2.45) is 0 Å². The lowest BCUT2D eigenvalue weighted by molar-refractivity contribution is -0.113. The van der Waals surface area contributed by atoms with Crippen LogP contribution in [0.2, 0.25) is 0 Å². The van der Waals surface area contributed by atoms with Gasteiger partial charge in [-0.05, 0) is 65.7 Å². The number of amides is 1. The van der Waals surface area contributed by atoms with Gasteiger partial charge in [0.25, 0.3) is 0 Å². The van der Waals surface area contributed by atoms with Crippen molar-refractivity contribution in [1.82, 2.24) is 19.7 Å². The van der Waals surface area contributed by atoms with Crippen LogP contribution in [0.25, 0.3) is 11.4 Å². The Morgan fingerprint density at radius 2 is 2.17 bits per heavy atom. The zero-order chi connectivity index (χ0) is 20.2. The molecular formula is C20H22BrN5OS2. The topological polar surface area (TPSA) is 72.7 Å². The number of hydrogen-bond donors (Lipinski definition) is 1. The van der Waals surface area contributed by atoms with Crippen LogP contribution in [0.3, 0.4) is 0 Å². The molecule has 152 valence electrons. The van der Waals surface area contributed by atoms with Gasteiger partial charge in [0, 0.05) is 33.0 Å². The number of nitrogens with zero attached hydrogens (tertiary/aromatic N) is 4. The molecule has 1 aliphatic rings.